The monoisotopic (exact) mass is 449 g/mol. The SMILES string of the molecule is CCc1cccc(-c2nc(Cc3c(C)cc(OCc4noc(=O)[nH]4)c(F)c3C)ccc2O)c1. The molecule has 0 fully saturated rings. The van der Waals surface area contributed by atoms with Crippen molar-refractivity contribution >= 4 is 0 Å². The number of aromatic hydroxyl groups is 1. The Morgan fingerprint density at radius 2 is 2.00 bits per heavy atom. The molecule has 0 bridgehead atoms. The minimum atomic E-state index is -0.695. The number of rotatable bonds is 7. The first kappa shape index (κ1) is 22.3. The number of hydrogen-bond acceptors (Lipinski definition) is 6. The largest absolute Gasteiger partial charge is 0.506 e. The van der Waals surface area contributed by atoms with Gasteiger partial charge in [0.1, 0.15) is 18.1 Å². The van der Waals surface area contributed by atoms with E-state index >= 15 is 4.39 Å². The predicted molar refractivity (Wildman–Crippen MR) is 121 cm³/mol. The molecule has 0 atom stereocenters. The van der Waals surface area contributed by atoms with Crippen molar-refractivity contribution in [2.45, 2.75) is 40.2 Å². The molecule has 8 heteroatoms. The van der Waals surface area contributed by atoms with Crippen LogP contribution >= 0.6 is 0 Å². The Balaban J connectivity index is 1.61. The predicted octanol–water partition coefficient (Wildman–Crippen LogP) is 4.62. The summed E-state index contributed by atoms with van der Waals surface area (Å²) in [6.07, 6.45) is 1.28. The highest BCUT2D eigenvalue weighted by molar-refractivity contribution is 5.66. The number of H-pyrrole nitrogens is 1. The highest BCUT2D eigenvalue weighted by atomic mass is 19.1. The highest BCUT2D eigenvalue weighted by Gasteiger charge is 2.17. The molecule has 0 spiro atoms. The van der Waals surface area contributed by atoms with Gasteiger partial charge in [-0.3, -0.25) is 9.51 Å². The molecule has 4 aromatic rings. The first-order chi connectivity index (χ1) is 15.9. The molecule has 0 unspecified atom stereocenters. The van der Waals surface area contributed by atoms with Gasteiger partial charge in [0.25, 0.3) is 0 Å². The molecule has 0 aliphatic heterocycles. The van der Waals surface area contributed by atoms with Crippen LogP contribution in [0.1, 0.15) is 40.7 Å². The summed E-state index contributed by atoms with van der Waals surface area (Å²) in [4.78, 5) is 18.1. The average molecular weight is 449 g/mol. The van der Waals surface area contributed by atoms with E-state index in [1.807, 2.05) is 31.2 Å². The third-order valence-electron chi connectivity index (χ3n) is 5.57. The summed E-state index contributed by atoms with van der Waals surface area (Å²) in [6, 6.07) is 12.9. The van der Waals surface area contributed by atoms with Gasteiger partial charge in [-0.05, 0) is 66.8 Å². The molecule has 0 amide bonds. The minimum Gasteiger partial charge on any atom is -0.506 e. The van der Waals surface area contributed by atoms with E-state index in [4.69, 9.17) is 4.74 Å². The lowest BCUT2D eigenvalue weighted by atomic mass is 9.96. The summed E-state index contributed by atoms with van der Waals surface area (Å²) in [5.41, 5.74) is 5.27. The Morgan fingerprint density at radius 3 is 2.73 bits per heavy atom. The summed E-state index contributed by atoms with van der Waals surface area (Å²) >= 11 is 0. The van der Waals surface area contributed by atoms with Gasteiger partial charge in [0.05, 0.1) is 0 Å². The van der Waals surface area contributed by atoms with Gasteiger partial charge in [-0.1, -0.05) is 30.3 Å². The summed E-state index contributed by atoms with van der Waals surface area (Å²) in [5.74, 6) is -0.851. The van der Waals surface area contributed by atoms with Crippen LogP contribution in [0.3, 0.4) is 0 Å². The first-order valence-electron chi connectivity index (χ1n) is 10.6. The van der Waals surface area contributed by atoms with E-state index in [9.17, 15) is 9.90 Å². The first-order valence-corrected chi connectivity index (χ1v) is 10.6. The van der Waals surface area contributed by atoms with E-state index < -0.39 is 11.6 Å². The van der Waals surface area contributed by atoms with E-state index in [0.717, 1.165) is 28.7 Å². The number of nitrogens with one attached hydrogen (secondary N) is 1. The molecule has 0 saturated heterocycles. The van der Waals surface area contributed by atoms with E-state index in [0.29, 0.717) is 23.4 Å². The fourth-order valence-corrected chi connectivity index (χ4v) is 3.73. The number of ether oxygens (including phenoxy) is 1. The second-order valence-corrected chi connectivity index (χ2v) is 7.84. The van der Waals surface area contributed by atoms with Crippen LogP contribution in [0.2, 0.25) is 0 Å². The summed E-state index contributed by atoms with van der Waals surface area (Å²) in [5, 5.41) is 13.9. The topological polar surface area (TPSA) is 101 Å². The quantitative estimate of drug-likeness (QED) is 0.427. The summed E-state index contributed by atoms with van der Waals surface area (Å²) < 4.78 is 25.0. The minimum absolute atomic E-state index is 0.0633. The van der Waals surface area contributed by atoms with Crippen LogP contribution < -0.4 is 10.5 Å². The van der Waals surface area contributed by atoms with Gasteiger partial charge in [0.2, 0.25) is 0 Å². The lowest BCUT2D eigenvalue weighted by Crippen LogP contribution is -2.06. The number of hydrogen-bond donors (Lipinski definition) is 2. The summed E-state index contributed by atoms with van der Waals surface area (Å²) in [7, 11) is 0. The zero-order chi connectivity index (χ0) is 23.5. The Morgan fingerprint density at radius 1 is 1.18 bits per heavy atom. The Hall–Kier alpha value is -3.94. The number of aromatic nitrogens is 3. The van der Waals surface area contributed by atoms with Gasteiger partial charge in [0.15, 0.2) is 17.4 Å². The fourth-order valence-electron chi connectivity index (χ4n) is 3.73. The van der Waals surface area contributed by atoms with Gasteiger partial charge in [-0.2, -0.15) is 0 Å². The van der Waals surface area contributed by atoms with Crippen LogP contribution in [0.25, 0.3) is 11.3 Å². The zero-order valence-electron chi connectivity index (χ0n) is 18.6. The Kier molecular flexibility index (Phi) is 6.26. The lowest BCUT2D eigenvalue weighted by Gasteiger charge is -2.15. The van der Waals surface area contributed by atoms with Crippen molar-refractivity contribution in [3.8, 4) is 22.8 Å². The molecule has 33 heavy (non-hydrogen) atoms. The van der Waals surface area contributed by atoms with Crippen LogP contribution in [0.5, 0.6) is 11.5 Å². The van der Waals surface area contributed by atoms with Crippen molar-refractivity contribution in [1.82, 2.24) is 15.1 Å². The van der Waals surface area contributed by atoms with E-state index in [1.54, 1.807) is 25.1 Å². The number of benzene rings is 2. The number of aryl methyl sites for hydroxylation is 2. The fraction of sp³-hybridized carbons (Fsp3) is 0.240. The van der Waals surface area contributed by atoms with Crippen molar-refractivity contribution in [1.29, 1.82) is 0 Å². The second kappa shape index (κ2) is 9.28. The lowest BCUT2D eigenvalue weighted by molar-refractivity contribution is 0.271. The molecule has 0 aliphatic rings. The molecule has 170 valence electrons. The van der Waals surface area contributed by atoms with E-state index in [2.05, 4.69) is 26.6 Å². The molecule has 2 aromatic heterocycles. The maximum atomic E-state index is 15.0. The number of halogens is 1. The molecule has 2 aromatic carbocycles. The Labute approximate surface area is 189 Å². The van der Waals surface area contributed by atoms with Gasteiger partial charge < -0.3 is 9.84 Å². The van der Waals surface area contributed by atoms with Gasteiger partial charge in [0, 0.05) is 17.7 Å². The third-order valence-corrected chi connectivity index (χ3v) is 5.57. The van der Waals surface area contributed by atoms with Crippen molar-refractivity contribution in [2.75, 3.05) is 0 Å². The Bertz CT molecular complexity index is 1360. The van der Waals surface area contributed by atoms with Crippen molar-refractivity contribution < 1.29 is 18.8 Å². The molecular weight excluding hydrogens is 425 g/mol. The van der Waals surface area contributed by atoms with Gasteiger partial charge in [-0.15, -0.1) is 0 Å². The van der Waals surface area contributed by atoms with Crippen LogP contribution in [-0.4, -0.2) is 20.2 Å². The zero-order valence-corrected chi connectivity index (χ0v) is 18.6. The third kappa shape index (κ3) is 4.79. The van der Waals surface area contributed by atoms with Crippen molar-refractivity contribution in [3.05, 3.63) is 92.6 Å². The standard InChI is InChI=1S/C25H24FN3O4/c1-4-16-6-5-7-17(11-16)24-20(30)9-8-18(27-24)12-19-14(2)10-21(23(26)15(19)3)32-13-22-28-25(31)33-29-22/h5-11,30H,4,12-13H2,1-3H3,(H,28,29,31). The molecule has 7 nitrogen and oxygen atoms in total. The highest BCUT2D eigenvalue weighted by Crippen LogP contribution is 2.31. The normalized spacial score (nSPS) is 11.0. The van der Waals surface area contributed by atoms with Crippen molar-refractivity contribution in [3.63, 3.8) is 0 Å². The van der Waals surface area contributed by atoms with Crippen LogP contribution in [0, 0.1) is 19.7 Å². The molecule has 2 heterocycles. The van der Waals surface area contributed by atoms with Gasteiger partial charge >= 0.3 is 5.76 Å². The average Bonchev–Trinajstić information content (AvgIpc) is 3.24. The molecule has 0 saturated carbocycles. The number of aromatic amines is 1. The maximum absolute atomic E-state index is 15.0. The van der Waals surface area contributed by atoms with E-state index in [-0.39, 0.29) is 23.9 Å². The number of pyridine rings is 1. The second-order valence-electron chi connectivity index (χ2n) is 7.84. The number of nitrogens with zero attached hydrogens (tertiary/aromatic N) is 2. The van der Waals surface area contributed by atoms with Crippen LogP contribution in [0.4, 0.5) is 4.39 Å². The summed E-state index contributed by atoms with van der Waals surface area (Å²) in [6.45, 7) is 5.51. The van der Waals surface area contributed by atoms with E-state index in [1.165, 1.54) is 0 Å². The molecule has 4 rings (SSSR count). The molecule has 2 N–H and O–H groups in total. The smallest absolute Gasteiger partial charge is 0.439 e. The molecule has 0 aliphatic carbocycles. The molecule has 0 radical (unpaired) electrons. The van der Waals surface area contributed by atoms with Crippen molar-refractivity contribution in [2.24, 2.45) is 0 Å². The molecular formula is C25H24FN3O4. The van der Waals surface area contributed by atoms with Crippen LogP contribution in [0.15, 0.2) is 51.8 Å². The van der Waals surface area contributed by atoms with Gasteiger partial charge in [-0.25, -0.2) is 14.2 Å². The van der Waals surface area contributed by atoms with Crippen LogP contribution in [-0.2, 0) is 19.4 Å². The maximum Gasteiger partial charge on any atom is 0.439 e.